The van der Waals surface area contributed by atoms with E-state index in [1.54, 1.807) is 11.1 Å². The molecule has 0 bridgehead atoms. The summed E-state index contributed by atoms with van der Waals surface area (Å²) in [6.45, 7) is 2.72. The van der Waals surface area contributed by atoms with E-state index in [4.69, 9.17) is 0 Å². The molecule has 1 unspecified atom stereocenters. The number of hydrogen-bond donors (Lipinski definition) is 5. The van der Waals surface area contributed by atoms with Crippen molar-refractivity contribution in [3.63, 3.8) is 0 Å². The lowest BCUT2D eigenvalue weighted by molar-refractivity contribution is -0.139. The number of H-pyrrole nitrogens is 1. The van der Waals surface area contributed by atoms with Gasteiger partial charge in [-0.25, -0.2) is 14.4 Å². The molecule has 10 nitrogen and oxygen atoms in total. The van der Waals surface area contributed by atoms with Gasteiger partial charge in [-0.05, 0) is 43.0 Å². The standard InChI is InChI=1S/C24H26N6O4/c1-14-10-15(11-16-13-25-29-20(14)16)12-19(21(31)32)27-23(34)30-8-6-24(7-9-30)17-4-2-3-5-18(17)26-22(33)28-24/h2-5,10-11,13,19H,6-9,12H2,1H3,(H,25,29)(H,27,34)(H,31,32)(H2,26,28,33). The van der Waals surface area contributed by atoms with Gasteiger partial charge in [-0.15, -0.1) is 0 Å². The van der Waals surface area contributed by atoms with Gasteiger partial charge in [-0.3, -0.25) is 5.10 Å². The summed E-state index contributed by atoms with van der Waals surface area (Å²) in [6.07, 6.45) is 2.94. The van der Waals surface area contributed by atoms with Crippen LogP contribution in [0.15, 0.2) is 42.6 Å². The summed E-state index contributed by atoms with van der Waals surface area (Å²) in [7, 11) is 0. The number of carboxylic acid groups (broad SMARTS) is 1. The van der Waals surface area contributed by atoms with Crippen molar-refractivity contribution in [2.75, 3.05) is 18.4 Å². The summed E-state index contributed by atoms with van der Waals surface area (Å²) in [6, 6.07) is 9.71. The Morgan fingerprint density at radius 2 is 2.00 bits per heavy atom. The first kappa shape index (κ1) is 21.7. The summed E-state index contributed by atoms with van der Waals surface area (Å²) < 4.78 is 0. The van der Waals surface area contributed by atoms with E-state index in [1.165, 1.54) is 0 Å². The molecular weight excluding hydrogens is 436 g/mol. The minimum absolute atomic E-state index is 0.163. The van der Waals surface area contributed by atoms with Gasteiger partial charge in [0.2, 0.25) is 0 Å². The van der Waals surface area contributed by atoms with Crippen molar-refractivity contribution < 1.29 is 19.5 Å². The Kier molecular flexibility index (Phi) is 5.35. The fourth-order valence-electron chi connectivity index (χ4n) is 5.04. The van der Waals surface area contributed by atoms with Crippen LogP contribution in [0.2, 0.25) is 0 Å². The van der Waals surface area contributed by atoms with Gasteiger partial charge in [-0.2, -0.15) is 5.10 Å². The molecular formula is C24H26N6O4. The van der Waals surface area contributed by atoms with Crippen LogP contribution >= 0.6 is 0 Å². The highest BCUT2D eigenvalue weighted by molar-refractivity contribution is 5.94. The van der Waals surface area contributed by atoms with Crippen LogP contribution in [0.1, 0.15) is 29.5 Å². The van der Waals surface area contributed by atoms with Crippen molar-refractivity contribution in [1.29, 1.82) is 0 Å². The number of aromatic nitrogens is 2. The molecule has 3 heterocycles. The maximum absolute atomic E-state index is 13.0. The average Bonchev–Trinajstić information content (AvgIpc) is 3.28. The predicted octanol–water partition coefficient (Wildman–Crippen LogP) is 2.70. The van der Waals surface area contributed by atoms with Gasteiger partial charge in [-0.1, -0.05) is 24.3 Å². The normalized spacial score (nSPS) is 17.6. The Morgan fingerprint density at radius 3 is 2.76 bits per heavy atom. The molecule has 5 rings (SSSR count). The third kappa shape index (κ3) is 3.91. The van der Waals surface area contributed by atoms with Crippen molar-refractivity contribution in [2.45, 2.75) is 37.8 Å². The highest BCUT2D eigenvalue weighted by Crippen LogP contribution is 2.39. The fourth-order valence-corrected chi connectivity index (χ4v) is 5.04. The lowest BCUT2D eigenvalue weighted by Gasteiger charge is -2.45. The first-order chi connectivity index (χ1) is 16.3. The number of aliphatic carboxylic acids is 1. The first-order valence-electron chi connectivity index (χ1n) is 11.2. The minimum atomic E-state index is -1.09. The number of likely N-dealkylation sites (tertiary alicyclic amines) is 1. The monoisotopic (exact) mass is 462 g/mol. The van der Waals surface area contributed by atoms with Gasteiger partial charge in [0.05, 0.1) is 17.3 Å². The second-order valence-electron chi connectivity index (χ2n) is 8.99. The van der Waals surface area contributed by atoms with Crippen LogP contribution in [0.3, 0.4) is 0 Å². The molecule has 4 amide bonds. The van der Waals surface area contributed by atoms with E-state index in [-0.39, 0.29) is 12.5 Å². The number of carbonyl (C=O) groups is 3. The summed E-state index contributed by atoms with van der Waals surface area (Å²) >= 11 is 0. The Balaban J connectivity index is 1.27. The first-order valence-corrected chi connectivity index (χ1v) is 11.2. The van der Waals surface area contributed by atoms with E-state index in [0.717, 1.165) is 33.3 Å². The average molecular weight is 463 g/mol. The van der Waals surface area contributed by atoms with Crippen LogP contribution in [0.5, 0.6) is 0 Å². The van der Waals surface area contributed by atoms with Crippen LogP contribution < -0.4 is 16.0 Å². The molecule has 10 heteroatoms. The molecule has 1 aromatic heterocycles. The molecule has 3 aromatic rings. The van der Waals surface area contributed by atoms with E-state index >= 15 is 0 Å². The zero-order valence-electron chi connectivity index (χ0n) is 18.7. The zero-order valence-corrected chi connectivity index (χ0v) is 18.7. The highest BCUT2D eigenvalue weighted by atomic mass is 16.4. The van der Waals surface area contributed by atoms with E-state index in [0.29, 0.717) is 25.9 Å². The number of aryl methyl sites for hydroxylation is 1. The largest absolute Gasteiger partial charge is 0.480 e. The molecule has 0 radical (unpaired) electrons. The fraction of sp³-hybridized carbons (Fsp3) is 0.333. The summed E-state index contributed by atoms with van der Waals surface area (Å²) in [5.41, 5.74) is 3.92. The zero-order chi connectivity index (χ0) is 23.9. The molecule has 2 aliphatic rings. The third-order valence-electron chi connectivity index (χ3n) is 6.79. The molecule has 1 atom stereocenters. The van der Waals surface area contributed by atoms with Gasteiger partial charge in [0, 0.05) is 36.1 Å². The predicted molar refractivity (Wildman–Crippen MR) is 126 cm³/mol. The Labute approximate surface area is 195 Å². The van der Waals surface area contributed by atoms with Crippen LogP contribution in [0, 0.1) is 6.92 Å². The lowest BCUT2D eigenvalue weighted by atomic mass is 9.79. The van der Waals surface area contributed by atoms with Crippen molar-refractivity contribution in [3.05, 3.63) is 59.3 Å². The number of aromatic amines is 1. The van der Waals surface area contributed by atoms with Gasteiger partial charge >= 0.3 is 18.0 Å². The number of benzene rings is 2. The van der Waals surface area contributed by atoms with Crippen LogP contribution in [0.25, 0.3) is 10.9 Å². The quantitative estimate of drug-likeness (QED) is 0.406. The topological polar surface area (TPSA) is 139 Å². The third-order valence-corrected chi connectivity index (χ3v) is 6.79. The summed E-state index contributed by atoms with van der Waals surface area (Å²) in [4.78, 5) is 38.7. The Morgan fingerprint density at radius 1 is 1.24 bits per heavy atom. The Bertz CT molecular complexity index is 1280. The van der Waals surface area contributed by atoms with E-state index in [1.807, 2.05) is 43.3 Å². The number of nitrogens with zero attached hydrogens (tertiary/aromatic N) is 2. The van der Waals surface area contributed by atoms with Crippen molar-refractivity contribution in [2.24, 2.45) is 0 Å². The molecule has 0 saturated carbocycles. The van der Waals surface area contributed by atoms with Gasteiger partial charge in [0.25, 0.3) is 0 Å². The number of amides is 4. The van der Waals surface area contributed by atoms with Crippen molar-refractivity contribution in [1.82, 2.24) is 25.7 Å². The molecule has 2 aromatic carbocycles. The minimum Gasteiger partial charge on any atom is -0.480 e. The van der Waals surface area contributed by atoms with Gasteiger partial charge < -0.3 is 26.0 Å². The van der Waals surface area contributed by atoms with Crippen LogP contribution in [-0.4, -0.2) is 57.4 Å². The SMILES string of the molecule is Cc1cc(CC(NC(=O)N2CCC3(CC2)NC(=O)Nc2ccccc23)C(=O)O)cc2cn[nH]c12. The van der Waals surface area contributed by atoms with Crippen molar-refractivity contribution >= 4 is 34.6 Å². The Hall–Kier alpha value is -4.08. The molecule has 2 aliphatic heterocycles. The van der Waals surface area contributed by atoms with Crippen LogP contribution in [0.4, 0.5) is 15.3 Å². The van der Waals surface area contributed by atoms with Crippen LogP contribution in [-0.2, 0) is 16.8 Å². The highest BCUT2D eigenvalue weighted by Gasteiger charge is 2.43. The maximum atomic E-state index is 13.0. The summed E-state index contributed by atoms with van der Waals surface area (Å²) in [5, 5.41) is 26.2. The number of hydrogen-bond acceptors (Lipinski definition) is 4. The van der Waals surface area contributed by atoms with Gasteiger partial charge in [0.15, 0.2) is 0 Å². The number of nitrogens with one attached hydrogen (secondary N) is 4. The lowest BCUT2D eigenvalue weighted by Crippen LogP contribution is -2.59. The molecule has 0 aliphatic carbocycles. The number of piperidine rings is 1. The molecule has 176 valence electrons. The molecule has 5 N–H and O–H groups in total. The number of carbonyl (C=O) groups excluding carboxylic acids is 2. The van der Waals surface area contributed by atoms with E-state index in [2.05, 4.69) is 26.1 Å². The second-order valence-corrected chi connectivity index (χ2v) is 8.99. The number of fused-ring (bicyclic) bond motifs is 3. The van der Waals surface area contributed by atoms with Gasteiger partial charge in [0.1, 0.15) is 6.04 Å². The second kappa shape index (κ2) is 8.36. The molecule has 1 saturated heterocycles. The van der Waals surface area contributed by atoms with Crippen molar-refractivity contribution in [3.8, 4) is 0 Å². The number of urea groups is 2. The molecule has 1 spiro atoms. The number of para-hydroxylation sites is 1. The van der Waals surface area contributed by atoms with E-state index in [9.17, 15) is 19.5 Å². The number of rotatable bonds is 4. The number of carboxylic acids is 1. The molecule has 34 heavy (non-hydrogen) atoms. The maximum Gasteiger partial charge on any atom is 0.326 e. The molecule has 1 fully saturated rings. The number of anilines is 1. The van der Waals surface area contributed by atoms with E-state index < -0.39 is 23.6 Å². The summed E-state index contributed by atoms with van der Waals surface area (Å²) in [5.74, 6) is -1.09. The smallest absolute Gasteiger partial charge is 0.326 e.